The van der Waals surface area contributed by atoms with E-state index in [0.29, 0.717) is 11.3 Å². The van der Waals surface area contributed by atoms with Gasteiger partial charge in [0.25, 0.3) is 0 Å². The van der Waals surface area contributed by atoms with Gasteiger partial charge in [-0.3, -0.25) is 0 Å². The molecule has 0 aliphatic carbocycles. The highest BCUT2D eigenvalue weighted by Crippen LogP contribution is 2.20. The normalized spacial score (nSPS) is 10.5. The number of hydrogen-bond acceptors (Lipinski definition) is 1. The number of halogens is 3. The molecule has 0 radical (unpaired) electrons. The molecule has 0 saturated carbocycles. The smallest absolute Gasteiger partial charge is 0.127 e. The Labute approximate surface area is 115 Å². The number of alkyl halides is 1. The molecule has 19 heavy (non-hydrogen) atoms. The average Bonchev–Trinajstić information content (AvgIpc) is 2.37. The molecule has 0 bridgehead atoms. The molecule has 0 amide bonds. The van der Waals surface area contributed by atoms with Crippen LogP contribution in [0, 0.1) is 18.6 Å². The fourth-order valence-corrected chi connectivity index (χ4v) is 1.92. The summed E-state index contributed by atoms with van der Waals surface area (Å²) in [6.07, 6.45) is 0. The summed E-state index contributed by atoms with van der Waals surface area (Å²) in [5.74, 6) is -0.0243. The summed E-state index contributed by atoms with van der Waals surface area (Å²) in [4.78, 5) is 0. The van der Waals surface area contributed by atoms with Crippen molar-refractivity contribution in [1.29, 1.82) is 0 Å². The van der Waals surface area contributed by atoms with Crippen molar-refractivity contribution in [2.45, 2.75) is 19.4 Å². The van der Waals surface area contributed by atoms with Gasteiger partial charge in [0, 0.05) is 11.9 Å². The van der Waals surface area contributed by atoms with Gasteiger partial charge in [0.15, 0.2) is 0 Å². The van der Waals surface area contributed by atoms with E-state index in [1.54, 1.807) is 19.1 Å². The van der Waals surface area contributed by atoms with Gasteiger partial charge >= 0.3 is 0 Å². The summed E-state index contributed by atoms with van der Waals surface area (Å²) < 4.78 is 31.8. The molecule has 0 heterocycles. The minimum atomic E-state index is -0.385. The highest BCUT2D eigenvalue weighted by atomic mass is 35.5. The predicted octanol–water partition coefficient (Wildman–Crippen LogP) is 4.59. The number of benzene rings is 2. The summed E-state index contributed by atoms with van der Waals surface area (Å²) in [5, 5.41) is 0. The molecule has 0 N–H and O–H groups in total. The fraction of sp³-hybridized carbons (Fsp3) is 0.200. The van der Waals surface area contributed by atoms with Gasteiger partial charge in [0.05, 0.1) is 0 Å². The van der Waals surface area contributed by atoms with Crippen molar-refractivity contribution >= 4 is 11.6 Å². The number of hydrogen-bond donors (Lipinski definition) is 0. The van der Waals surface area contributed by atoms with E-state index in [1.165, 1.54) is 24.3 Å². The van der Waals surface area contributed by atoms with Crippen LogP contribution in [-0.2, 0) is 12.5 Å². The first kappa shape index (κ1) is 13.8. The molecule has 1 nitrogen and oxygen atoms in total. The van der Waals surface area contributed by atoms with Gasteiger partial charge in [-0.25, -0.2) is 8.78 Å². The van der Waals surface area contributed by atoms with Crippen LogP contribution in [0.1, 0.15) is 16.7 Å². The zero-order valence-corrected chi connectivity index (χ0v) is 11.2. The molecule has 0 unspecified atom stereocenters. The van der Waals surface area contributed by atoms with Crippen molar-refractivity contribution in [3.8, 4) is 5.75 Å². The standard InChI is InChI=1S/C15H13ClF2O/c1-10-4-13(17)3-2-12(10)9-19-15-6-11(8-16)5-14(18)7-15/h2-7H,8-9H2,1H3. The van der Waals surface area contributed by atoms with E-state index in [2.05, 4.69) is 0 Å². The van der Waals surface area contributed by atoms with E-state index in [-0.39, 0.29) is 24.1 Å². The Morgan fingerprint density at radius 3 is 2.53 bits per heavy atom. The fourth-order valence-electron chi connectivity index (χ4n) is 1.76. The second-order valence-corrected chi connectivity index (χ2v) is 4.56. The van der Waals surface area contributed by atoms with Gasteiger partial charge in [0.1, 0.15) is 24.0 Å². The van der Waals surface area contributed by atoms with Crippen LogP contribution in [0.2, 0.25) is 0 Å². The van der Waals surface area contributed by atoms with Gasteiger partial charge in [-0.15, -0.1) is 11.6 Å². The Kier molecular flexibility index (Phi) is 4.38. The van der Waals surface area contributed by atoms with Crippen LogP contribution in [-0.4, -0.2) is 0 Å². The molecular formula is C15H13ClF2O. The Morgan fingerprint density at radius 2 is 1.84 bits per heavy atom. The van der Waals surface area contributed by atoms with Gasteiger partial charge in [-0.05, 0) is 47.9 Å². The lowest BCUT2D eigenvalue weighted by molar-refractivity contribution is 0.303. The number of aryl methyl sites for hydroxylation is 1. The third-order valence-electron chi connectivity index (χ3n) is 2.78. The lowest BCUT2D eigenvalue weighted by Crippen LogP contribution is -1.99. The first-order chi connectivity index (χ1) is 9.08. The average molecular weight is 283 g/mol. The number of rotatable bonds is 4. The zero-order valence-electron chi connectivity index (χ0n) is 10.4. The molecule has 4 heteroatoms. The van der Waals surface area contributed by atoms with Crippen LogP contribution in [0.15, 0.2) is 36.4 Å². The van der Waals surface area contributed by atoms with E-state index in [1.807, 2.05) is 0 Å². The van der Waals surface area contributed by atoms with Crippen LogP contribution in [0.3, 0.4) is 0 Å². The van der Waals surface area contributed by atoms with Crippen molar-refractivity contribution in [2.24, 2.45) is 0 Å². The zero-order chi connectivity index (χ0) is 13.8. The molecule has 0 atom stereocenters. The molecule has 100 valence electrons. The summed E-state index contributed by atoms with van der Waals surface area (Å²) in [6.45, 7) is 2.06. The minimum Gasteiger partial charge on any atom is -0.489 e. The highest BCUT2D eigenvalue weighted by Gasteiger charge is 2.04. The Balaban J connectivity index is 2.12. The van der Waals surface area contributed by atoms with Crippen molar-refractivity contribution in [3.63, 3.8) is 0 Å². The quantitative estimate of drug-likeness (QED) is 0.745. The minimum absolute atomic E-state index is 0.226. The Morgan fingerprint density at radius 1 is 1.05 bits per heavy atom. The lowest BCUT2D eigenvalue weighted by Gasteiger charge is -2.10. The van der Waals surface area contributed by atoms with E-state index in [9.17, 15) is 8.78 Å². The van der Waals surface area contributed by atoms with E-state index < -0.39 is 0 Å². The maximum Gasteiger partial charge on any atom is 0.127 e. The van der Waals surface area contributed by atoms with Crippen molar-refractivity contribution in [2.75, 3.05) is 0 Å². The molecule has 2 rings (SSSR count). The topological polar surface area (TPSA) is 9.23 Å². The molecule has 0 aliphatic rings. The molecule has 0 spiro atoms. The predicted molar refractivity (Wildman–Crippen MR) is 71.4 cm³/mol. The summed E-state index contributed by atoms with van der Waals surface area (Å²) in [5.41, 5.74) is 2.32. The molecule has 0 aliphatic heterocycles. The molecular weight excluding hydrogens is 270 g/mol. The van der Waals surface area contributed by atoms with Gasteiger partial charge in [0.2, 0.25) is 0 Å². The van der Waals surface area contributed by atoms with Crippen molar-refractivity contribution < 1.29 is 13.5 Å². The molecule has 2 aromatic carbocycles. The van der Waals surface area contributed by atoms with E-state index >= 15 is 0 Å². The number of ether oxygens (including phenoxy) is 1. The summed E-state index contributed by atoms with van der Waals surface area (Å²) >= 11 is 5.67. The van der Waals surface area contributed by atoms with Gasteiger partial charge in [-0.2, -0.15) is 0 Å². The third-order valence-corrected chi connectivity index (χ3v) is 3.09. The van der Waals surface area contributed by atoms with Crippen molar-refractivity contribution in [3.05, 3.63) is 64.7 Å². The van der Waals surface area contributed by atoms with Crippen LogP contribution in [0.25, 0.3) is 0 Å². The first-order valence-corrected chi connectivity index (χ1v) is 6.35. The maximum atomic E-state index is 13.3. The molecule has 0 saturated heterocycles. The maximum absolute atomic E-state index is 13.3. The largest absolute Gasteiger partial charge is 0.489 e. The van der Waals surface area contributed by atoms with Crippen LogP contribution < -0.4 is 4.74 Å². The Bertz CT molecular complexity index is 584. The molecule has 0 aromatic heterocycles. The SMILES string of the molecule is Cc1cc(F)ccc1COc1cc(F)cc(CCl)c1. The second kappa shape index (κ2) is 6.02. The monoisotopic (exact) mass is 282 g/mol. The van der Waals surface area contributed by atoms with Crippen LogP contribution in [0.5, 0.6) is 5.75 Å². The second-order valence-electron chi connectivity index (χ2n) is 4.29. The highest BCUT2D eigenvalue weighted by molar-refractivity contribution is 6.17. The molecule has 0 fully saturated rings. The third kappa shape index (κ3) is 3.67. The van der Waals surface area contributed by atoms with Gasteiger partial charge < -0.3 is 4.74 Å². The first-order valence-electron chi connectivity index (χ1n) is 5.82. The van der Waals surface area contributed by atoms with Gasteiger partial charge in [-0.1, -0.05) is 6.07 Å². The van der Waals surface area contributed by atoms with E-state index in [4.69, 9.17) is 16.3 Å². The summed E-state index contributed by atoms with van der Waals surface area (Å²) in [6, 6.07) is 8.83. The van der Waals surface area contributed by atoms with E-state index in [0.717, 1.165) is 11.1 Å². The summed E-state index contributed by atoms with van der Waals surface area (Å²) in [7, 11) is 0. The van der Waals surface area contributed by atoms with Crippen LogP contribution >= 0.6 is 11.6 Å². The van der Waals surface area contributed by atoms with Crippen LogP contribution in [0.4, 0.5) is 8.78 Å². The Hall–Kier alpha value is -1.61. The van der Waals surface area contributed by atoms with Crippen molar-refractivity contribution in [1.82, 2.24) is 0 Å². The molecule has 2 aromatic rings. The lowest BCUT2D eigenvalue weighted by atomic mass is 10.1.